The summed E-state index contributed by atoms with van der Waals surface area (Å²) in [4.78, 5) is 4.82. The number of rotatable bonds is 10. The Morgan fingerprint density at radius 3 is 1.25 bits per heavy atom. The van der Waals surface area contributed by atoms with Gasteiger partial charge in [-0.05, 0) is 162 Å². The minimum Gasteiger partial charge on any atom is -0.456 e. The third-order valence-corrected chi connectivity index (χ3v) is 15.3. The molecular formula is C73H64N2O. The Morgan fingerprint density at radius 1 is 0.329 bits per heavy atom. The molecule has 0 aliphatic heterocycles. The standard InChI is InChI=1S/C73H64N2O/c1-48(2)49-29-37-60(38-30-49)74(68-23-14-12-21-64(68)51-25-33-58(34-26-51)72(3,4)5)62-39-31-54-44-66-67-45-55-32-40-63(43-57(55)47-71(67)76-70(66)46-56(54)42-62)75(61-20-16-19-53(41-61)50-17-10-9-11-18-50)69-24-15-13-22-65(69)52-27-35-59(36-28-52)73(6,7)8/h9-48H,1-8H3. The third kappa shape index (κ3) is 9.21. The highest BCUT2D eigenvalue weighted by Crippen LogP contribution is 2.46. The van der Waals surface area contributed by atoms with Crippen LogP contribution >= 0.6 is 0 Å². The number of hydrogen-bond donors (Lipinski definition) is 0. The maximum Gasteiger partial charge on any atom is 0.136 e. The summed E-state index contributed by atoms with van der Waals surface area (Å²) in [7, 11) is 0. The summed E-state index contributed by atoms with van der Waals surface area (Å²) in [5, 5.41) is 6.76. The molecule has 0 amide bonds. The first-order valence-electron chi connectivity index (χ1n) is 26.8. The number of hydrogen-bond acceptors (Lipinski definition) is 3. The molecule has 0 atom stereocenters. The molecule has 0 aliphatic rings. The molecule has 0 spiro atoms. The first-order valence-corrected chi connectivity index (χ1v) is 26.8. The van der Waals surface area contributed by atoms with Gasteiger partial charge in [0.1, 0.15) is 11.2 Å². The molecule has 0 fully saturated rings. The average Bonchev–Trinajstić information content (AvgIpc) is 3.86. The van der Waals surface area contributed by atoms with Crippen molar-refractivity contribution in [3.05, 3.63) is 253 Å². The van der Waals surface area contributed by atoms with Crippen molar-refractivity contribution in [1.82, 2.24) is 0 Å². The quantitative estimate of drug-likeness (QED) is 0.136. The van der Waals surface area contributed by atoms with Crippen molar-refractivity contribution in [2.24, 2.45) is 0 Å². The van der Waals surface area contributed by atoms with Gasteiger partial charge >= 0.3 is 0 Å². The van der Waals surface area contributed by atoms with Crippen molar-refractivity contribution in [1.29, 1.82) is 0 Å². The van der Waals surface area contributed by atoms with Crippen LogP contribution in [0.2, 0.25) is 0 Å². The van der Waals surface area contributed by atoms with Crippen molar-refractivity contribution in [3.63, 3.8) is 0 Å². The number of furan rings is 1. The van der Waals surface area contributed by atoms with Gasteiger partial charge in [0.2, 0.25) is 0 Å². The second-order valence-electron chi connectivity index (χ2n) is 22.9. The van der Waals surface area contributed by atoms with Crippen LogP contribution in [0.3, 0.4) is 0 Å². The molecule has 11 aromatic carbocycles. The van der Waals surface area contributed by atoms with E-state index < -0.39 is 0 Å². The van der Waals surface area contributed by atoms with Gasteiger partial charge in [-0.1, -0.05) is 207 Å². The molecule has 0 saturated carbocycles. The van der Waals surface area contributed by atoms with Crippen LogP contribution in [0, 0.1) is 0 Å². The van der Waals surface area contributed by atoms with E-state index >= 15 is 0 Å². The number of benzene rings is 11. The van der Waals surface area contributed by atoms with Crippen LogP contribution in [0.5, 0.6) is 0 Å². The van der Waals surface area contributed by atoms with Gasteiger partial charge in [-0.15, -0.1) is 0 Å². The largest absolute Gasteiger partial charge is 0.456 e. The Bertz CT molecular complexity index is 4080. The van der Waals surface area contributed by atoms with Gasteiger partial charge in [0.05, 0.1) is 11.4 Å². The van der Waals surface area contributed by atoms with E-state index in [9.17, 15) is 0 Å². The van der Waals surface area contributed by atoms with Crippen LogP contribution in [-0.2, 0) is 10.8 Å². The lowest BCUT2D eigenvalue weighted by Gasteiger charge is -2.29. The lowest BCUT2D eigenvalue weighted by Crippen LogP contribution is -2.12. The summed E-state index contributed by atoms with van der Waals surface area (Å²) in [5.41, 5.74) is 19.5. The van der Waals surface area contributed by atoms with Crippen LogP contribution in [0.15, 0.2) is 241 Å². The first-order chi connectivity index (χ1) is 36.7. The Balaban J connectivity index is 0.964. The van der Waals surface area contributed by atoms with Crippen molar-refractivity contribution in [3.8, 4) is 33.4 Å². The molecule has 3 nitrogen and oxygen atoms in total. The average molecular weight is 985 g/mol. The molecule has 0 bridgehead atoms. The highest BCUT2D eigenvalue weighted by atomic mass is 16.3. The SMILES string of the molecule is CC(C)c1ccc(N(c2ccc3cc4c(cc3c2)oc2cc3cc(N(c5cccc(-c6ccccc6)c5)c5ccccc5-c5ccc(C(C)(C)C)cc5)ccc3cc24)c2ccccc2-c2ccc(C(C)(C)C)cc2)cc1. The number of nitrogens with zero attached hydrogens (tertiary/aromatic N) is 2. The van der Waals surface area contributed by atoms with Gasteiger partial charge in [-0.2, -0.15) is 0 Å². The van der Waals surface area contributed by atoms with E-state index in [4.69, 9.17) is 4.42 Å². The molecule has 0 radical (unpaired) electrons. The van der Waals surface area contributed by atoms with Gasteiger partial charge in [0.15, 0.2) is 0 Å². The van der Waals surface area contributed by atoms with Gasteiger partial charge in [0, 0.05) is 44.6 Å². The molecule has 372 valence electrons. The zero-order valence-corrected chi connectivity index (χ0v) is 44.9. The molecule has 0 unspecified atom stereocenters. The summed E-state index contributed by atoms with van der Waals surface area (Å²) in [6.45, 7) is 18.1. The van der Waals surface area contributed by atoms with Crippen molar-refractivity contribution in [2.45, 2.75) is 72.1 Å². The first kappa shape index (κ1) is 48.3. The minimum absolute atomic E-state index is 0.0614. The summed E-state index contributed by atoms with van der Waals surface area (Å²) in [6.07, 6.45) is 0. The zero-order valence-electron chi connectivity index (χ0n) is 44.9. The second kappa shape index (κ2) is 19.2. The monoisotopic (exact) mass is 985 g/mol. The summed E-state index contributed by atoms with van der Waals surface area (Å²) < 4.78 is 6.90. The fourth-order valence-corrected chi connectivity index (χ4v) is 11.0. The van der Waals surface area contributed by atoms with Crippen LogP contribution in [-0.4, -0.2) is 0 Å². The van der Waals surface area contributed by atoms with Crippen molar-refractivity contribution >= 4 is 77.6 Å². The molecule has 1 aromatic heterocycles. The van der Waals surface area contributed by atoms with E-state index in [1.807, 2.05) is 0 Å². The number of para-hydroxylation sites is 2. The number of anilines is 6. The maximum absolute atomic E-state index is 6.90. The molecule has 1 heterocycles. The molecular weight excluding hydrogens is 921 g/mol. The summed E-state index contributed by atoms with van der Waals surface area (Å²) in [6, 6.07) is 87.2. The van der Waals surface area contributed by atoms with Crippen molar-refractivity contribution in [2.75, 3.05) is 9.80 Å². The lowest BCUT2D eigenvalue weighted by molar-refractivity contribution is 0.590. The normalized spacial score (nSPS) is 12.1. The van der Waals surface area contributed by atoms with Crippen molar-refractivity contribution < 1.29 is 4.42 Å². The molecule has 0 aliphatic carbocycles. The maximum atomic E-state index is 6.90. The molecule has 76 heavy (non-hydrogen) atoms. The Kier molecular flexibility index (Phi) is 12.2. The Morgan fingerprint density at radius 2 is 0.763 bits per heavy atom. The van der Waals surface area contributed by atoms with Crippen LogP contribution in [0.4, 0.5) is 34.1 Å². The lowest BCUT2D eigenvalue weighted by atomic mass is 9.86. The number of fused-ring (bicyclic) bond motifs is 5. The summed E-state index contributed by atoms with van der Waals surface area (Å²) >= 11 is 0. The minimum atomic E-state index is 0.0614. The second-order valence-corrected chi connectivity index (χ2v) is 22.9. The third-order valence-electron chi connectivity index (χ3n) is 15.3. The highest BCUT2D eigenvalue weighted by Gasteiger charge is 2.23. The zero-order chi connectivity index (χ0) is 52.3. The topological polar surface area (TPSA) is 19.6 Å². The van der Waals surface area contributed by atoms with E-state index in [0.717, 1.165) is 77.6 Å². The molecule has 0 saturated heterocycles. The predicted molar refractivity (Wildman–Crippen MR) is 326 cm³/mol. The van der Waals surface area contributed by atoms with E-state index in [2.05, 4.69) is 302 Å². The predicted octanol–water partition coefficient (Wildman–Crippen LogP) is 21.6. The van der Waals surface area contributed by atoms with E-state index in [0.29, 0.717) is 5.92 Å². The Hall–Kier alpha value is -8.66. The van der Waals surface area contributed by atoms with Crippen LogP contribution in [0.25, 0.3) is 76.9 Å². The van der Waals surface area contributed by atoms with Crippen LogP contribution < -0.4 is 9.80 Å². The van der Waals surface area contributed by atoms with Gasteiger partial charge in [-0.25, -0.2) is 0 Å². The van der Waals surface area contributed by atoms with E-state index in [1.54, 1.807) is 0 Å². The molecule has 0 N–H and O–H groups in total. The Labute approximate surface area is 448 Å². The van der Waals surface area contributed by atoms with E-state index in [1.165, 1.54) is 50.1 Å². The smallest absolute Gasteiger partial charge is 0.136 e. The van der Waals surface area contributed by atoms with E-state index in [-0.39, 0.29) is 10.8 Å². The molecule has 12 rings (SSSR count). The van der Waals surface area contributed by atoms with Gasteiger partial charge in [0.25, 0.3) is 0 Å². The summed E-state index contributed by atoms with van der Waals surface area (Å²) in [5.74, 6) is 0.435. The molecule has 12 aromatic rings. The highest BCUT2D eigenvalue weighted by molar-refractivity contribution is 6.14. The fourth-order valence-electron chi connectivity index (χ4n) is 11.0. The van der Waals surface area contributed by atoms with Crippen LogP contribution in [0.1, 0.15) is 78.0 Å². The van der Waals surface area contributed by atoms with Gasteiger partial charge < -0.3 is 14.2 Å². The van der Waals surface area contributed by atoms with Gasteiger partial charge in [-0.3, -0.25) is 0 Å². The fraction of sp³-hybridized carbons (Fsp3) is 0.151. The molecule has 3 heteroatoms.